The van der Waals surface area contributed by atoms with Crippen LogP contribution in [-0.2, 0) is 9.59 Å². The minimum atomic E-state index is -0.836. The van der Waals surface area contributed by atoms with Crippen LogP contribution in [0, 0.1) is 0 Å². The summed E-state index contributed by atoms with van der Waals surface area (Å²) in [6.45, 7) is 0. The highest BCUT2D eigenvalue weighted by Gasteiger charge is 2.47. The van der Waals surface area contributed by atoms with Crippen molar-refractivity contribution in [2.75, 3.05) is 23.9 Å². The third-order valence-corrected chi connectivity index (χ3v) is 6.04. The highest BCUT2D eigenvalue weighted by atomic mass is 35.5. The number of carbonyl (C=O) groups is 2. The topological polar surface area (TPSA) is 73.7 Å². The van der Waals surface area contributed by atoms with Crippen LogP contribution in [0.3, 0.4) is 0 Å². The normalized spacial score (nSPS) is 17.6. The summed E-state index contributed by atoms with van der Waals surface area (Å²) in [6, 6.07) is 14.4. The van der Waals surface area contributed by atoms with Crippen molar-refractivity contribution < 1.29 is 14.7 Å². The molecule has 1 fully saturated rings. The molecule has 0 aliphatic carbocycles. The molecule has 0 saturated carbocycles. The SMILES string of the molecule is CN(C)c1ccc(N2C(=O)C(=O)/C(=C(\O)c3ccc(Cl)c(Cl)c3)C2c2ccncc2)cc1. The minimum Gasteiger partial charge on any atom is -0.507 e. The number of ketones is 1. The van der Waals surface area contributed by atoms with Crippen LogP contribution in [0.2, 0.25) is 10.0 Å². The molecule has 4 rings (SSSR count). The van der Waals surface area contributed by atoms with Crippen molar-refractivity contribution in [1.82, 2.24) is 4.98 Å². The van der Waals surface area contributed by atoms with Gasteiger partial charge in [0.2, 0.25) is 0 Å². The Bertz CT molecular complexity index is 1220. The van der Waals surface area contributed by atoms with Crippen molar-refractivity contribution >= 4 is 52.0 Å². The van der Waals surface area contributed by atoms with Crippen LogP contribution in [0.1, 0.15) is 17.2 Å². The molecule has 6 nitrogen and oxygen atoms in total. The molecule has 1 unspecified atom stereocenters. The number of amides is 1. The number of aliphatic hydroxyl groups is 1. The van der Waals surface area contributed by atoms with Crippen LogP contribution in [0.4, 0.5) is 11.4 Å². The van der Waals surface area contributed by atoms with Gasteiger partial charge in [-0.05, 0) is 60.2 Å². The zero-order valence-electron chi connectivity index (χ0n) is 17.3. The molecule has 1 atom stereocenters. The van der Waals surface area contributed by atoms with Crippen LogP contribution in [0.5, 0.6) is 0 Å². The first-order valence-corrected chi connectivity index (χ1v) is 10.5. The molecule has 1 saturated heterocycles. The number of halogens is 2. The molecule has 2 heterocycles. The van der Waals surface area contributed by atoms with Gasteiger partial charge in [-0.3, -0.25) is 19.5 Å². The van der Waals surface area contributed by atoms with E-state index in [1.807, 2.05) is 31.1 Å². The molecule has 162 valence electrons. The van der Waals surface area contributed by atoms with Crippen molar-refractivity contribution in [2.24, 2.45) is 0 Å². The second-order valence-electron chi connectivity index (χ2n) is 7.49. The van der Waals surface area contributed by atoms with Crippen molar-refractivity contribution in [3.63, 3.8) is 0 Å². The van der Waals surface area contributed by atoms with Crippen molar-refractivity contribution in [3.05, 3.63) is 93.7 Å². The second kappa shape index (κ2) is 8.65. The van der Waals surface area contributed by atoms with Crippen LogP contribution in [-0.4, -0.2) is 35.9 Å². The van der Waals surface area contributed by atoms with Gasteiger partial charge >= 0.3 is 0 Å². The average molecular weight is 468 g/mol. The molecule has 3 aromatic rings. The zero-order valence-corrected chi connectivity index (χ0v) is 18.8. The van der Waals surface area contributed by atoms with Gasteiger partial charge in [0.25, 0.3) is 11.7 Å². The smallest absolute Gasteiger partial charge is 0.300 e. The lowest BCUT2D eigenvalue weighted by Crippen LogP contribution is -2.29. The summed E-state index contributed by atoms with van der Waals surface area (Å²) < 4.78 is 0. The Balaban J connectivity index is 1.90. The summed E-state index contributed by atoms with van der Waals surface area (Å²) >= 11 is 12.1. The first-order valence-electron chi connectivity index (χ1n) is 9.73. The largest absolute Gasteiger partial charge is 0.507 e. The minimum absolute atomic E-state index is 0.0312. The molecule has 0 spiro atoms. The summed E-state index contributed by atoms with van der Waals surface area (Å²) in [5.74, 6) is -1.84. The molecule has 32 heavy (non-hydrogen) atoms. The Morgan fingerprint density at radius 3 is 2.22 bits per heavy atom. The number of hydrogen-bond acceptors (Lipinski definition) is 5. The fourth-order valence-electron chi connectivity index (χ4n) is 3.67. The summed E-state index contributed by atoms with van der Waals surface area (Å²) in [4.78, 5) is 33.6. The molecular formula is C24H19Cl2N3O3. The second-order valence-corrected chi connectivity index (χ2v) is 8.30. The summed E-state index contributed by atoms with van der Waals surface area (Å²) in [5.41, 5.74) is 2.38. The first-order chi connectivity index (χ1) is 15.3. The van der Waals surface area contributed by atoms with Crippen LogP contribution >= 0.6 is 23.2 Å². The van der Waals surface area contributed by atoms with Gasteiger partial charge in [0.15, 0.2) is 0 Å². The maximum atomic E-state index is 13.1. The summed E-state index contributed by atoms with van der Waals surface area (Å²) in [7, 11) is 3.82. The van der Waals surface area contributed by atoms with E-state index in [9.17, 15) is 14.7 Å². The Morgan fingerprint density at radius 1 is 0.969 bits per heavy atom. The number of nitrogens with zero attached hydrogens (tertiary/aromatic N) is 3. The van der Waals surface area contributed by atoms with E-state index in [2.05, 4.69) is 4.98 Å². The summed E-state index contributed by atoms with van der Waals surface area (Å²) in [5, 5.41) is 11.6. The lowest BCUT2D eigenvalue weighted by atomic mass is 9.96. The Labute approximate surface area is 195 Å². The van der Waals surface area contributed by atoms with Crippen molar-refractivity contribution in [2.45, 2.75) is 6.04 Å². The number of pyridine rings is 1. The number of anilines is 2. The number of rotatable bonds is 4. The quantitative estimate of drug-likeness (QED) is 0.329. The fraction of sp³-hybridized carbons (Fsp3) is 0.125. The maximum absolute atomic E-state index is 13.1. The first kappa shape index (κ1) is 21.9. The molecule has 0 radical (unpaired) electrons. The van der Waals surface area contributed by atoms with Gasteiger partial charge in [-0.2, -0.15) is 0 Å². The van der Waals surface area contributed by atoms with E-state index in [1.165, 1.54) is 17.0 Å². The van der Waals surface area contributed by atoms with E-state index in [-0.39, 0.29) is 16.4 Å². The van der Waals surface area contributed by atoms with Gasteiger partial charge in [0.1, 0.15) is 5.76 Å². The third kappa shape index (κ3) is 3.83. The molecule has 8 heteroatoms. The van der Waals surface area contributed by atoms with Gasteiger partial charge < -0.3 is 10.0 Å². The summed E-state index contributed by atoms with van der Waals surface area (Å²) in [6.07, 6.45) is 3.15. The number of Topliss-reactive ketones (excluding diaryl/α,β-unsaturated/α-hetero) is 1. The van der Waals surface area contributed by atoms with E-state index in [0.29, 0.717) is 21.8 Å². The average Bonchev–Trinajstić information content (AvgIpc) is 3.06. The Morgan fingerprint density at radius 2 is 1.62 bits per heavy atom. The van der Waals surface area contributed by atoms with E-state index >= 15 is 0 Å². The number of benzene rings is 2. The third-order valence-electron chi connectivity index (χ3n) is 5.30. The highest BCUT2D eigenvalue weighted by Crippen LogP contribution is 2.42. The van der Waals surface area contributed by atoms with Crippen molar-refractivity contribution in [1.29, 1.82) is 0 Å². The van der Waals surface area contributed by atoms with Crippen molar-refractivity contribution in [3.8, 4) is 0 Å². The maximum Gasteiger partial charge on any atom is 0.300 e. The van der Waals surface area contributed by atoms with E-state index in [4.69, 9.17) is 23.2 Å². The standard InChI is InChI=1S/C24H19Cl2N3O3/c1-28(2)16-4-6-17(7-5-16)29-21(14-9-11-27-12-10-14)20(23(31)24(29)32)22(30)15-3-8-18(25)19(26)13-15/h3-13,21,30H,1-2H3/b22-20-. The molecule has 1 aromatic heterocycles. The molecule has 2 aromatic carbocycles. The number of hydrogen-bond donors (Lipinski definition) is 1. The van der Waals surface area contributed by atoms with Crippen LogP contribution < -0.4 is 9.80 Å². The predicted octanol–water partition coefficient (Wildman–Crippen LogP) is 5.08. The van der Waals surface area contributed by atoms with E-state index in [1.54, 1.807) is 42.7 Å². The molecule has 0 bridgehead atoms. The van der Waals surface area contributed by atoms with Gasteiger partial charge in [-0.1, -0.05) is 23.2 Å². The lowest BCUT2D eigenvalue weighted by Gasteiger charge is -2.26. The Kier molecular flexibility index (Phi) is 5.91. The monoisotopic (exact) mass is 467 g/mol. The van der Waals surface area contributed by atoms with Gasteiger partial charge in [0.05, 0.1) is 21.7 Å². The van der Waals surface area contributed by atoms with Gasteiger partial charge in [0, 0.05) is 43.4 Å². The molecular weight excluding hydrogens is 449 g/mol. The number of carbonyl (C=O) groups excluding carboxylic acids is 2. The predicted molar refractivity (Wildman–Crippen MR) is 126 cm³/mol. The fourth-order valence-corrected chi connectivity index (χ4v) is 3.97. The Hall–Kier alpha value is -3.35. The van der Waals surface area contributed by atoms with Gasteiger partial charge in [-0.15, -0.1) is 0 Å². The number of aliphatic hydroxyl groups excluding tert-OH is 1. The van der Waals surface area contributed by atoms with Crippen LogP contribution in [0.25, 0.3) is 5.76 Å². The van der Waals surface area contributed by atoms with Crippen LogP contribution in [0.15, 0.2) is 72.6 Å². The van der Waals surface area contributed by atoms with E-state index < -0.39 is 17.7 Å². The van der Waals surface area contributed by atoms with E-state index in [0.717, 1.165) is 5.69 Å². The molecule has 1 aliphatic heterocycles. The van der Waals surface area contributed by atoms with Gasteiger partial charge in [-0.25, -0.2) is 0 Å². The zero-order chi connectivity index (χ0) is 23.0. The molecule has 1 N–H and O–H groups in total. The lowest BCUT2D eigenvalue weighted by molar-refractivity contribution is -0.132. The number of aromatic nitrogens is 1. The molecule has 1 amide bonds. The highest BCUT2D eigenvalue weighted by molar-refractivity contribution is 6.51. The molecule has 1 aliphatic rings.